The SMILES string of the molecule is CCCc1ccc(NCc2ccccc2C(F)(F)F)cc1. The van der Waals surface area contributed by atoms with E-state index in [1.165, 1.54) is 17.7 Å². The summed E-state index contributed by atoms with van der Waals surface area (Å²) in [5.74, 6) is 0. The first-order valence-electron chi connectivity index (χ1n) is 6.98. The Kier molecular flexibility index (Phi) is 4.89. The summed E-state index contributed by atoms with van der Waals surface area (Å²) in [7, 11) is 0. The van der Waals surface area contributed by atoms with Crippen LogP contribution in [0.4, 0.5) is 18.9 Å². The van der Waals surface area contributed by atoms with Crippen LogP contribution >= 0.6 is 0 Å². The number of aryl methyl sites for hydroxylation is 1. The molecular weight excluding hydrogens is 275 g/mol. The second-order valence-electron chi connectivity index (χ2n) is 4.96. The molecule has 1 nitrogen and oxygen atoms in total. The van der Waals surface area contributed by atoms with Gasteiger partial charge in [-0.1, -0.05) is 43.7 Å². The molecule has 0 atom stereocenters. The smallest absolute Gasteiger partial charge is 0.381 e. The molecule has 2 aromatic carbocycles. The number of halogens is 3. The van der Waals surface area contributed by atoms with Crippen molar-refractivity contribution in [3.05, 3.63) is 65.2 Å². The van der Waals surface area contributed by atoms with Crippen molar-refractivity contribution >= 4 is 5.69 Å². The average molecular weight is 293 g/mol. The molecule has 0 bridgehead atoms. The van der Waals surface area contributed by atoms with Crippen LogP contribution in [0.5, 0.6) is 0 Å². The van der Waals surface area contributed by atoms with Crippen molar-refractivity contribution in [1.82, 2.24) is 0 Å². The summed E-state index contributed by atoms with van der Waals surface area (Å²) in [6.45, 7) is 2.27. The van der Waals surface area contributed by atoms with E-state index in [1.54, 1.807) is 6.07 Å². The lowest BCUT2D eigenvalue weighted by Gasteiger charge is -2.14. The monoisotopic (exact) mass is 293 g/mol. The highest BCUT2D eigenvalue weighted by Crippen LogP contribution is 2.32. The molecule has 0 spiro atoms. The first kappa shape index (κ1) is 15.4. The number of hydrogen-bond donors (Lipinski definition) is 1. The predicted octanol–water partition coefficient (Wildman–Crippen LogP) is 5.27. The van der Waals surface area contributed by atoms with Gasteiger partial charge in [0.1, 0.15) is 0 Å². The lowest BCUT2D eigenvalue weighted by Crippen LogP contribution is -2.11. The molecule has 0 unspecified atom stereocenters. The Morgan fingerprint density at radius 1 is 0.952 bits per heavy atom. The Balaban J connectivity index is 2.06. The van der Waals surface area contributed by atoms with Crippen LogP contribution < -0.4 is 5.32 Å². The van der Waals surface area contributed by atoms with Crippen molar-refractivity contribution in [1.29, 1.82) is 0 Å². The van der Waals surface area contributed by atoms with Gasteiger partial charge in [-0.25, -0.2) is 0 Å². The summed E-state index contributed by atoms with van der Waals surface area (Å²) in [6.07, 6.45) is -2.23. The number of alkyl halides is 3. The van der Waals surface area contributed by atoms with E-state index in [0.717, 1.165) is 24.6 Å². The van der Waals surface area contributed by atoms with Crippen molar-refractivity contribution in [2.45, 2.75) is 32.5 Å². The lowest BCUT2D eigenvalue weighted by atomic mass is 10.1. The summed E-state index contributed by atoms with van der Waals surface area (Å²) in [6, 6.07) is 13.5. The fourth-order valence-corrected chi connectivity index (χ4v) is 2.23. The van der Waals surface area contributed by atoms with Gasteiger partial charge in [-0.05, 0) is 35.7 Å². The molecule has 0 aliphatic carbocycles. The van der Waals surface area contributed by atoms with Crippen LogP contribution in [0.15, 0.2) is 48.5 Å². The maximum absolute atomic E-state index is 12.9. The van der Waals surface area contributed by atoms with Crippen LogP contribution in [-0.2, 0) is 19.1 Å². The van der Waals surface area contributed by atoms with E-state index in [0.29, 0.717) is 0 Å². The van der Waals surface area contributed by atoms with Gasteiger partial charge in [0.05, 0.1) is 5.56 Å². The van der Waals surface area contributed by atoms with Gasteiger partial charge in [-0.2, -0.15) is 13.2 Å². The van der Waals surface area contributed by atoms with Crippen LogP contribution in [-0.4, -0.2) is 0 Å². The Hall–Kier alpha value is -1.97. The predicted molar refractivity (Wildman–Crippen MR) is 79.2 cm³/mol. The van der Waals surface area contributed by atoms with Crippen molar-refractivity contribution in [2.75, 3.05) is 5.32 Å². The minimum absolute atomic E-state index is 0.156. The number of rotatable bonds is 5. The summed E-state index contributed by atoms with van der Waals surface area (Å²) < 4.78 is 38.7. The molecule has 0 heterocycles. The molecule has 112 valence electrons. The molecule has 0 aliphatic rings. The molecule has 21 heavy (non-hydrogen) atoms. The first-order valence-corrected chi connectivity index (χ1v) is 6.98. The van der Waals surface area contributed by atoms with E-state index in [-0.39, 0.29) is 12.1 Å². The van der Waals surface area contributed by atoms with Crippen LogP contribution in [0.1, 0.15) is 30.0 Å². The fraction of sp³-hybridized carbons (Fsp3) is 0.294. The molecule has 0 aliphatic heterocycles. The van der Waals surface area contributed by atoms with Crippen LogP contribution in [0.25, 0.3) is 0 Å². The third-order valence-corrected chi connectivity index (χ3v) is 3.30. The second-order valence-corrected chi connectivity index (χ2v) is 4.96. The van der Waals surface area contributed by atoms with Crippen molar-refractivity contribution < 1.29 is 13.2 Å². The van der Waals surface area contributed by atoms with Crippen LogP contribution in [0, 0.1) is 0 Å². The Morgan fingerprint density at radius 2 is 1.62 bits per heavy atom. The number of hydrogen-bond acceptors (Lipinski definition) is 1. The topological polar surface area (TPSA) is 12.0 Å². The maximum Gasteiger partial charge on any atom is 0.416 e. The quantitative estimate of drug-likeness (QED) is 0.792. The standard InChI is InChI=1S/C17H18F3N/c1-2-5-13-8-10-15(11-9-13)21-12-14-6-3-4-7-16(14)17(18,19)20/h3-4,6-11,21H,2,5,12H2,1H3. The summed E-state index contributed by atoms with van der Waals surface area (Å²) in [5, 5.41) is 3.04. The highest BCUT2D eigenvalue weighted by molar-refractivity contribution is 5.46. The zero-order chi connectivity index (χ0) is 15.3. The molecule has 0 saturated carbocycles. The fourth-order valence-electron chi connectivity index (χ4n) is 2.23. The van der Waals surface area contributed by atoms with Gasteiger partial charge in [0, 0.05) is 12.2 Å². The average Bonchev–Trinajstić information content (AvgIpc) is 2.46. The van der Waals surface area contributed by atoms with Gasteiger partial charge in [-0.15, -0.1) is 0 Å². The van der Waals surface area contributed by atoms with Gasteiger partial charge < -0.3 is 5.32 Å². The Labute approximate surface area is 122 Å². The van der Waals surface area contributed by atoms with Gasteiger partial charge in [0.15, 0.2) is 0 Å². The highest BCUT2D eigenvalue weighted by Gasteiger charge is 2.32. The third kappa shape index (κ3) is 4.25. The highest BCUT2D eigenvalue weighted by atomic mass is 19.4. The van der Waals surface area contributed by atoms with Gasteiger partial charge >= 0.3 is 6.18 Å². The number of benzene rings is 2. The first-order chi connectivity index (χ1) is 10.0. The van der Waals surface area contributed by atoms with Gasteiger partial charge in [0.25, 0.3) is 0 Å². The normalized spacial score (nSPS) is 11.4. The van der Waals surface area contributed by atoms with E-state index < -0.39 is 11.7 Å². The molecule has 0 radical (unpaired) electrons. The third-order valence-electron chi connectivity index (χ3n) is 3.30. The zero-order valence-electron chi connectivity index (χ0n) is 11.9. The molecule has 2 aromatic rings. The summed E-state index contributed by atoms with van der Waals surface area (Å²) in [5.41, 5.74) is 1.73. The van der Waals surface area contributed by atoms with Gasteiger partial charge in [0.2, 0.25) is 0 Å². The van der Waals surface area contributed by atoms with E-state index in [4.69, 9.17) is 0 Å². The molecule has 0 aromatic heterocycles. The van der Waals surface area contributed by atoms with Crippen molar-refractivity contribution in [2.24, 2.45) is 0 Å². The summed E-state index contributed by atoms with van der Waals surface area (Å²) in [4.78, 5) is 0. The van der Waals surface area contributed by atoms with E-state index in [9.17, 15) is 13.2 Å². The molecular formula is C17H18F3N. The largest absolute Gasteiger partial charge is 0.416 e. The minimum atomic E-state index is -4.32. The van der Waals surface area contributed by atoms with Crippen LogP contribution in [0.3, 0.4) is 0 Å². The second kappa shape index (κ2) is 6.66. The molecule has 4 heteroatoms. The van der Waals surface area contributed by atoms with E-state index in [2.05, 4.69) is 12.2 Å². The van der Waals surface area contributed by atoms with Crippen LogP contribution in [0.2, 0.25) is 0 Å². The maximum atomic E-state index is 12.9. The van der Waals surface area contributed by atoms with Gasteiger partial charge in [-0.3, -0.25) is 0 Å². The Morgan fingerprint density at radius 3 is 2.24 bits per heavy atom. The van der Waals surface area contributed by atoms with Crippen molar-refractivity contribution in [3.63, 3.8) is 0 Å². The molecule has 0 amide bonds. The molecule has 1 N–H and O–H groups in total. The number of nitrogens with one attached hydrogen (secondary N) is 1. The van der Waals surface area contributed by atoms with E-state index >= 15 is 0 Å². The lowest BCUT2D eigenvalue weighted by molar-refractivity contribution is -0.138. The molecule has 2 rings (SSSR count). The Bertz CT molecular complexity index is 573. The number of anilines is 1. The van der Waals surface area contributed by atoms with E-state index in [1.807, 2.05) is 24.3 Å². The summed E-state index contributed by atoms with van der Waals surface area (Å²) >= 11 is 0. The zero-order valence-corrected chi connectivity index (χ0v) is 11.9. The minimum Gasteiger partial charge on any atom is -0.381 e. The molecule has 0 saturated heterocycles. The van der Waals surface area contributed by atoms with Crippen molar-refractivity contribution in [3.8, 4) is 0 Å². The molecule has 0 fully saturated rings.